The lowest BCUT2D eigenvalue weighted by Crippen LogP contribution is -2.41. The molecular formula is C27H36ClN3O5. The third-order valence-corrected chi connectivity index (χ3v) is 6.47. The van der Waals surface area contributed by atoms with E-state index in [2.05, 4.69) is 20.7 Å². The SMILES string of the molecule is CNC(CNC(=O)c1cccc(C(OCCNC(=O)OC)c2cccc(Cl)c2)c1)C[C@H]1CCCOC1. The Morgan fingerprint density at radius 2 is 1.92 bits per heavy atom. The average Bonchev–Trinajstić information content (AvgIpc) is 2.91. The summed E-state index contributed by atoms with van der Waals surface area (Å²) in [4.78, 5) is 24.3. The van der Waals surface area contributed by atoms with E-state index < -0.39 is 12.2 Å². The molecule has 0 aliphatic carbocycles. The van der Waals surface area contributed by atoms with E-state index in [1.54, 1.807) is 12.1 Å². The smallest absolute Gasteiger partial charge is 0.406 e. The Balaban J connectivity index is 1.66. The molecule has 1 fully saturated rings. The number of methoxy groups -OCH3 is 1. The molecule has 1 saturated heterocycles. The number of carbonyl (C=O) groups is 2. The zero-order chi connectivity index (χ0) is 25.8. The fourth-order valence-corrected chi connectivity index (χ4v) is 4.52. The highest BCUT2D eigenvalue weighted by atomic mass is 35.5. The van der Waals surface area contributed by atoms with Gasteiger partial charge in [-0.2, -0.15) is 0 Å². The van der Waals surface area contributed by atoms with E-state index in [1.807, 2.05) is 43.4 Å². The highest BCUT2D eigenvalue weighted by molar-refractivity contribution is 6.30. The molecule has 3 atom stereocenters. The summed E-state index contributed by atoms with van der Waals surface area (Å²) in [5, 5.41) is 9.56. The number of ether oxygens (including phenoxy) is 3. The molecule has 2 aromatic carbocycles. The molecule has 0 bridgehead atoms. The van der Waals surface area contributed by atoms with Gasteiger partial charge in [0.15, 0.2) is 0 Å². The number of carbonyl (C=O) groups excluding carboxylic acids is 2. The van der Waals surface area contributed by atoms with E-state index in [4.69, 9.17) is 21.1 Å². The maximum Gasteiger partial charge on any atom is 0.406 e. The van der Waals surface area contributed by atoms with Gasteiger partial charge in [-0.25, -0.2) is 4.79 Å². The van der Waals surface area contributed by atoms with Crippen LogP contribution in [0.3, 0.4) is 0 Å². The largest absolute Gasteiger partial charge is 0.453 e. The Hall–Kier alpha value is -2.65. The van der Waals surface area contributed by atoms with Crippen LogP contribution in [0.25, 0.3) is 0 Å². The topological polar surface area (TPSA) is 97.9 Å². The second-order valence-corrected chi connectivity index (χ2v) is 9.30. The van der Waals surface area contributed by atoms with Gasteiger partial charge in [0.25, 0.3) is 5.91 Å². The van der Waals surface area contributed by atoms with Crippen LogP contribution in [0.5, 0.6) is 0 Å². The Bertz CT molecular complexity index is 983. The van der Waals surface area contributed by atoms with Gasteiger partial charge in [-0.3, -0.25) is 4.79 Å². The minimum atomic E-state index is -0.521. The maximum atomic E-state index is 13.0. The molecule has 3 rings (SSSR count). The average molecular weight is 518 g/mol. The Morgan fingerprint density at radius 1 is 1.14 bits per heavy atom. The molecule has 9 heteroatoms. The Labute approximate surface area is 218 Å². The normalized spacial score (nSPS) is 17.1. The van der Waals surface area contributed by atoms with E-state index in [9.17, 15) is 9.59 Å². The lowest BCUT2D eigenvalue weighted by atomic mass is 9.94. The first kappa shape index (κ1) is 27.9. The first-order valence-corrected chi connectivity index (χ1v) is 12.7. The fraction of sp³-hybridized carbons (Fsp3) is 0.481. The minimum Gasteiger partial charge on any atom is -0.453 e. The van der Waals surface area contributed by atoms with Crippen molar-refractivity contribution >= 4 is 23.6 Å². The van der Waals surface area contributed by atoms with Crippen LogP contribution in [0.1, 0.15) is 46.9 Å². The molecule has 0 saturated carbocycles. The number of amides is 2. The molecule has 3 N–H and O–H groups in total. The number of likely N-dealkylation sites (N-methyl/N-ethyl adjacent to an activating group) is 1. The van der Waals surface area contributed by atoms with Crippen LogP contribution in [0, 0.1) is 5.92 Å². The number of rotatable bonds is 12. The lowest BCUT2D eigenvalue weighted by molar-refractivity contribution is 0.0478. The van der Waals surface area contributed by atoms with Gasteiger partial charge in [-0.1, -0.05) is 35.9 Å². The van der Waals surface area contributed by atoms with Crippen LogP contribution in [0.15, 0.2) is 48.5 Å². The molecule has 196 valence electrons. The van der Waals surface area contributed by atoms with Crippen molar-refractivity contribution in [3.05, 3.63) is 70.2 Å². The fourth-order valence-electron chi connectivity index (χ4n) is 4.32. The molecule has 0 radical (unpaired) electrons. The van der Waals surface area contributed by atoms with Gasteiger partial charge in [0.1, 0.15) is 6.10 Å². The van der Waals surface area contributed by atoms with Gasteiger partial charge in [-0.15, -0.1) is 0 Å². The first-order valence-electron chi connectivity index (χ1n) is 12.3. The summed E-state index contributed by atoms with van der Waals surface area (Å²) in [6, 6.07) is 14.9. The van der Waals surface area contributed by atoms with Gasteiger partial charge in [0.05, 0.1) is 13.7 Å². The summed E-state index contributed by atoms with van der Waals surface area (Å²) >= 11 is 6.23. The number of benzene rings is 2. The van der Waals surface area contributed by atoms with Crippen molar-refractivity contribution in [3.8, 4) is 0 Å². The van der Waals surface area contributed by atoms with E-state index in [-0.39, 0.29) is 25.1 Å². The van der Waals surface area contributed by atoms with Gasteiger partial charge < -0.3 is 30.2 Å². The minimum absolute atomic E-state index is 0.144. The molecule has 0 spiro atoms. The number of hydrogen-bond donors (Lipinski definition) is 3. The van der Waals surface area contributed by atoms with Crippen molar-refractivity contribution in [3.63, 3.8) is 0 Å². The van der Waals surface area contributed by atoms with Crippen LogP contribution in [0.4, 0.5) is 4.79 Å². The molecule has 0 aromatic heterocycles. The summed E-state index contributed by atoms with van der Waals surface area (Å²) in [7, 11) is 3.23. The summed E-state index contributed by atoms with van der Waals surface area (Å²) in [5.41, 5.74) is 2.21. The van der Waals surface area contributed by atoms with E-state index in [0.29, 0.717) is 23.0 Å². The van der Waals surface area contributed by atoms with E-state index in [1.165, 1.54) is 7.11 Å². The molecule has 8 nitrogen and oxygen atoms in total. The Morgan fingerprint density at radius 3 is 2.61 bits per heavy atom. The number of nitrogens with one attached hydrogen (secondary N) is 3. The highest BCUT2D eigenvalue weighted by Gasteiger charge is 2.20. The predicted octanol–water partition coefficient (Wildman–Crippen LogP) is 3.94. The van der Waals surface area contributed by atoms with Crippen molar-refractivity contribution in [2.45, 2.75) is 31.4 Å². The Kier molecular flexibility index (Phi) is 11.5. The van der Waals surface area contributed by atoms with E-state index in [0.717, 1.165) is 43.6 Å². The van der Waals surface area contributed by atoms with Crippen molar-refractivity contribution in [1.82, 2.24) is 16.0 Å². The molecule has 1 heterocycles. The molecule has 1 aliphatic rings. The second kappa shape index (κ2) is 14.8. The van der Waals surface area contributed by atoms with Crippen LogP contribution in [-0.2, 0) is 14.2 Å². The monoisotopic (exact) mass is 517 g/mol. The lowest BCUT2D eigenvalue weighted by Gasteiger charge is -2.26. The molecule has 2 amide bonds. The van der Waals surface area contributed by atoms with Crippen molar-refractivity contribution < 1.29 is 23.8 Å². The standard InChI is InChI=1S/C27H36ClN3O5/c1-29-24(14-19-6-5-12-35-18-19)17-31-26(32)22-9-3-7-20(15-22)25(21-8-4-10-23(28)16-21)36-13-11-30-27(33)34-2/h3-4,7-10,15-16,19,24-25,29H,5-6,11-14,17-18H2,1-2H3,(H,30,33)(H,31,32)/t19-,24?,25?/m1/s1. The third kappa shape index (κ3) is 8.78. The van der Waals surface area contributed by atoms with Crippen molar-refractivity contribution in [2.24, 2.45) is 5.92 Å². The zero-order valence-electron chi connectivity index (χ0n) is 20.9. The zero-order valence-corrected chi connectivity index (χ0v) is 21.7. The highest BCUT2D eigenvalue weighted by Crippen LogP contribution is 2.28. The molecule has 2 unspecified atom stereocenters. The van der Waals surface area contributed by atoms with Gasteiger partial charge in [0.2, 0.25) is 0 Å². The summed E-state index contributed by atoms with van der Waals surface area (Å²) in [6.07, 6.45) is 2.23. The summed E-state index contributed by atoms with van der Waals surface area (Å²) in [5.74, 6) is 0.370. The van der Waals surface area contributed by atoms with Gasteiger partial charge in [0, 0.05) is 42.9 Å². The maximum absolute atomic E-state index is 13.0. The molecule has 2 aromatic rings. The predicted molar refractivity (Wildman–Crippen MR) is 139 cm³/mol. The first-order chi connectivity index (χ1) is 17.5. The molecular weight excluding hydrogens is 482 g/mol. The van der Waals surface area contributed by atoms with Crippen LogP contribution in [-0.4, -0.2) is 65.1 Å². The second-order valence-electron chi connectivity index (χ2n) is 8.86. The summed E-state index contributed by atoms with van der Waals surface area (Å²) < 4.78 is 16.3. The van der Waals surface area contributed by atoms with Crippen LogP contribution < -0.4 is 16.0 Å². The number of halogens is 1. The van der Waals surface area contributed by atoms with Gasteiger partial charge >= 0.3 is 6.09 Å². The number of alkyl carbamates (subject to hydrolysis) is 1. The van der Waals surface area contributed by atoms with Crippen LogP contribution in [0.2, 0.25) is 5.02 Å². The van der Waals surface area contributed by atoms with Crippen LogP contribution >= 0.6 is 11.6 Å². The van der Waals surface area contributed by atoms with Crippen molar-refractivity contribution in [1.29, 1.82) is 0 Å². The third-order valence-electron chi connectivity index (χ3n) is 6.23. The molecule has 36 heavy (non-hydrogen) atoms. The van der Waals surface area contributed by atoms with Gasteiger partial charge in [-0.05, 0) is 67.6 Å². The quantitative estimate of drug-likeness (QED) is 0.369. The van der Waals surface area contributed by atoms with E-state index >= 15 is 0 Å². The number of hydrogen-bond acceptors (Lipinski definition) is 6. The molecule has 1 aliphatic heterocycles. The summed E-state index contributed by atoms with van der Waals surface area (Å²) in [6.45, 7) is 2.69. The van der Waals surface area contributed by atoms with Crippen molar-refractivity contribution in [2.75, 3.05) is 47.1 Å².